The smallest absolute Gasteiger partial charge is 0.309 e. The van der Waals surface area contributed by atoms with Crippen molar-refractivity contribution in [2.45, 2.75) is 52.8 Å². The van der Waals surface area contributed by atoms with Crippen molar-refractivity contribution in [1.82, 2.24) is 0 Å². The number of carbonyl (C=O) groups excluding carboxylic acids is 1. The van der Waals surface area contributed by atoms with Crippen LogP contribution in [0.1, 0.15) is 41.5 Å². The van der Waals surface area contributed by atoms with Gasteiger partial charge in [0.25, 0.3) is 7.37 Å². The first-order valence-electron chi connectivity index (χ1n) is 9.00. The van der Waals surface area contributed by atoms with Crippen LogP contribution in [0.3, 0.4) is 0 Å². The summed E-state index contributed by atoms with van der Waals surface area (Å²) in [5.74, 6) is -0.255. The zero-order valence-corrected chi connectivity index (χ0v) is 17.4. The Morgan fingerprint density at radius 1 is 1.04 bits per heavy atom. The van der Waals surface area contributed by atoms with Crippen LogP contribution < -0.4 is 4.52 Å². The molecule has 5 heteroatoms. The van der Waals surface area contributed by atoms with Crippen LogP contribution in [-0.2, 0) is 14.1 Å². The van der Waals surface area contributed by atoms with Crippen molar-refractivity contribution in [3.63, 3.8) is 0 Å². The fraction of sp³-hybridized carbons (Fsp3) is 0.476. The van der Waals surface area contributed by atoms with Crippen LogP contribution in [0.4, 0.5) is 0 Å². The van der Waals surface area contributed by atoms with Gasteiger partial charge in [-0.3, -0.25) is 9.36 Å². The van der Waals surface area contributed by atoms with Crippen molar-refractivity contribution in [2.24, 2.45) is 5.92 Å². The van der Waals surface area contributed by atoms with E-state index in [0.717, 1.165) is 10.8 Å². The van der Waals surface area contributed by atoms with E-state index in [-0.39, 0.29) is 18.2 Å². The molecule has 0 aliphatic heterocycles. The summed E-state index contributed by atoms with van der Waals surface area (Å²) in [6, 6.07) is 13.5. The fourth-order valence-electron chi connectivity index (χ4n) is 2.67. The Bertz CT molecular complexity index is 815. The van der Waals surface area contributed by atoms with Crippen molar-refractivity contribution in [3.05, 3.63) is 42.5 Å². The molecule has 2 aromatic carbocycles. The third-order valence-corrected chi connectivity index (χ3v) is 7.85. The highest BCUT2D eigenvalue weighted by Crippen LogP contribution is 2.60. The second-order valence-electron chi connectivity index (χ2n) is 7.98. The van der Waals surface area contributed by atoms with E-state index >= 15 is 0 Å². The summed E-state index contributed by atoms with van der Waals surface area (Å²) in [5.41, 5.74) is 0. The molecule has 0 bridgehead atoms. The van der Waals surface area contributed by atoms with Crippen LogP contribution in [-0.4, -0.2) is 23.4 Å². The highest BCUT2D eigenvalue weighted by molar-refractivity contribution is 7.61. The van der Waals surface area contributed by atoms with Crippen LogP contribution in [0.25, 0.3) is 10.8 Å². The van der Waals surface area contributed by atoms with Crippen molar-refractivity contribution in [1.29, 1.82) is 0 Å². The number of carbonyl (C=O) groups is 1. The van der Waals surface area contributed by atoms with Crippen molar-refractivity contribution >= 4 is 24.1 Å². The number of rotatable bonds is 6. The molecule has 0 radical (unpaired) electrons. The minimum Gasteiger partial charge on any atom is -0.463 e. The standard InChI is InChI=1S/C21H29O4P/c1-15(2)24-20(22)16(3)14-26(23,21(4,5)6)25-19-13-9-11-17-10-7-8-12-18(17)19/h7-13,15-16H,14H2,1-6H3/t16-,26-/m1/s1. The fourth-order valence-corrected chi connectivity index (χ4v) is 4.91. The molecule has 0 aliphatic carbocycles. The third kappa shape index (κ3) is 4.67. The second-order valence-corrected chi connectivity index (χ2v) is 11.2. The van der Waals surface area contributed by atoms with E-state index in [0.29, 0.717) is 5.75 Å². The van der Waals surface area contributed by atoms with Gasteiger partial charge >= 0.3 is 5.97 Å². The Labute approximate surface area is 156 Å². The third-order valence-electron chi connectivity index (χ3n) is 4.29. The Kier molecular flexibility index (Phi) is 6.18. The first-order valence-corrected chi connectivity index (χ1v) is 10.8. The highest BCUT2D eigenvalue weighted by Gasteiger charge is 2.42. The summed E-state index contributed by atoms with van der Waals surface area (Å²) in [5, 5.41) is 1.34. The minimum atomic E-state index is -3.18. The maximum atomic E-state index is 13.8. The van der Waals surface area contributed by atoms with Gasteiger partial charge in [0.15, 0.2) is 0 Å². The van der Waals surface area contributed by atoms with Gasteiger partial charge in [0, 0.05) is 16.7 Å². The van der Waals surface area contributed by atoms with Crippen LogP contribution in [0.2, 0.25) is 0 Å². The molecular weight excluding hydrogens is 347 g/mol. The summed E-state index contributed by atoms with van der Waals surface area (Å²) in [6.07, 6.45) is -0.0522. The molecule has 0 N–H and O–H groups in total. The zero-order chi connectivity index (χ0) is 19.5. The first-order chi connectivity index (χ1) is 12.0. The molecule has 2 aromatic rings. The number of ether oxygens (including phenoxy) is 1. The van der Waals surface area contributed by atoms with Gasteiger partial charge in [-0.2, -0.15) is 0 Å². The van der Waals surface area contributed by atoms with Crippen LogP contribution in [0, 0.1) is 5.92 Å². The maximum absolute atomic E-state index is 13.8. The summed E-state index contributed by atoms with van der Waals surface area (Å²) < 4.78 is 25.2. The van der Waals surface area contributed by atoms with Crippen molar-refractivity contribution in [3.8, 4) is 5.75 Å². The predicted octanol–water partition coefficient (Wildman–Crippen LogP) is 5.88. The zero-order valence-electron chi connectivity index (χ0n) is 16.5. The molecule has 0 saturated carbocycles. The molecule has 0 aromatic heterocycles. The summed E-state index contributed by atoms with van der Waals surface area (Å²) in [4.78, 5) is 12.2. The molecule has 26 heavy (non-hydrogen) atoms. The highest BCUT2D eigenvalue weighted by atomic mass is 31.2. The maximum Gasteiger partial charge on any atom is 0.309 e. The molecule has 0 saturated heterocycles. The Morgan fingerprint density at radius 2 is 1.65 bits per heavy atom. The van der Waals surface area contributed by atoms with Gasteiger partial charge in [-0.1, -0.05) is 64.1 Å². The number of hydrogen-bond donors (Lipinski definition) is 0. The van der Waals surface area contributed by atoms with Crippen LogP contribution in [0.5, 0.6) is 5.75 Å². The normalized spacial score (nSPS) is 15.5. The molecular formula is C21H29O4P. The number of benzene rings is 2. The summed E-state index contributed by atoms with van der Waals surface area (Å²) >= 11 is 0. The van der Waals surface area contributed by atoms with E-state index in [2.05, 4.69) is 0 Å². The molecule has 4 nitrogen and oxygen atoms in total. The van der Waals surface area contributed by atoms with Crippen molar-refractivity contribution in [2.75, 3.05) is 6.16 Å². The van der Waals surface area contributed by atoms with Crippen molar-refractivity contribution < 1.29 is 18.6 Å². The van der Waals surface area contributed by atoms with Gasteiger partial charge in [0.2, 0.25) is 0 Å². The lowest BCUT2D eigenvalue weighted by Gasteiger charge is -2.33. The minimum absolute atomic E-state index is 0.144. The lowest BCUT2D eigenvalue weighted by Crippen LogP contribution is -2.28. The van der Waals surface area contributed by atoms with Gasteiger partial charge in [-0.15, -0.1) is 0 Å². The Morgan fingerprint density at radius 3 is 2.27 bits per heavy atom. The summed E-state index contributed by atoms with van der Waals surface area (Å²) in [7, 11) is -3.18. The van der Waals surface area contributed by atoms with Gasteiger partial charge in [-0.25, -0.2) is 0 Å². The second kappa shape index (κ2) is 7.84. The molecule has 0 amide bonds. The Hall–Kier alpha value is -1.80. The van der Waals surface area contributed by atoms with E-state index < -0.39 is 18.4 Å². The number of hydrogen-bond acceptors (Lipinski definition) is 4. The molecule has 0 aliphatic rings. The molecule has 0 unspecified atom stereocenters. The lowest BCUT2D eigenvalue weighted by atomic mass is 10.1. The molecule has 0 heterocycles. The number of fused-ring (bicyclic) bond motifs is 1. The SMILES string of the molecule is CC(C)OC(=O)[C@H](C)C[P@@](=O)(Oc1cccc2ccccc12)C(C)(C)C. The molecule has 2 atom stereocenters. The molecule has 142 valence electrons. The lowest BCUT2D eigenvalue weighted by molar-refractivity contribution is -0.151. The van der Waals surface area contributed by atoms with Gasteiger partial charge in [-0.05, 0) is 25.3 Å². The summed E-state index contributed by atoms with van der Waals surface area (Å²) in [6.45, 7) is 11.0. The first kappa shape index (κ1) is 20.5. The predicted molar refractivity (Wildman–Crippen MR) is 107 cm³/mol. The van der Waals surface area contributed by atoms with E-state index in [1.54, 1.807) is 20.8 Å². The molecule has 0 spiro atoms. The van der Waals surface area contributed by atoms with E-state index in [9.17, 15) is 9.36 Å². The van der Waals surface area contributed by atoms with Crippen LogP contribution >= 0.6 is 7.37 Å². The van der Waals surface area contributed by atoms with Gasteiger partial charge in [0.1, 0.15) is 5.75 Å². The van der Waals surface area contributed by atoms with E-state index in [4.69, 9.17) is 9.26 Å². The quantitative estimate of drug-likeness (QED) is 0.466. The Balaban J connectivity index is 2.35. The largest absolute Gasteiger partial charge is 0.463 e. The average molecular weight is 376 g/mol. The molecule has 0 fully saturated rings. The monoisotopic (exact) mass is 376 g/mol. The van der Waals surface area contributed by atoms with E-state index in [1.807, 2.05) is 63.2 Å². The molecule has 2 rings (SSSR count). The van der Waals surface area contributed by atoms with Gasteiger partial charge < -0.3 is 9.26 Å². The number of esters is 1. The van der Waals surface area contributed by atoms with Crippen LogP contribution in [0.15, 0.2) is 42.5 Å². The van der Waals surface area contributed by atoms with E-state index in [1.165, 1.54) is 0 Å². The topological polar surface area (TPSA) is 52.6 Å². The average Bonchev–Trinajstić information content (AvgIpc) is 2.53. The van der Waals surface area contributed by atoms with Gasteiger partial charge in [0.05, 0.1) is 12.0 Å².